The molecule has 0 saturated heterocycles. The van der Waals surface area contributed by atoms with Crippen LogP contribution in [-0.4, -0.2) is 13.1 Å². The van der Waals surface area contributed by atoms with Gasteiger partial charge in [0.1, 0.15) is 11.5 Å². The number of halogens is 1. The molecule has 0 fully saturated rings. The van der Waals surface area contributed by atoms with Crippen LogP contribution >= 0.6 is 22.6 Å². The van der Waals surface area contributed by atoms with Crippen LogP contribution in [-0.2, 0) is 0 Å². The number of rotatable bonds is 3. The van der Waals surface area contributed by atoms with E-state index in [9.17, 15) is 4.79 Å². The number of carbonyl (C=O) groups is 1. The Balaban J connectivity index is 2.14. The summed E-state index contributed by atoms with van der Waals surface area (Å²) in [7, 11) is 1.58. The van der Waals surface area contributed by atoms with E-state index in [1.54, 1.807) is 37.4 Å². The maximum absolute atomic E-state index is 11.9. The van der Waals surface area contributed by atoms with Gasteiger partial charge in [0.15, 0.2) is 0 Å². The highest BCUT2D eigenvalue weighted by atomic mass is 127. The van der Waals surface area contributed by atoms with Crippen LogP contribution in [0.15, 0.2) is 48.5 Å². The van der Waals surface area contributed by atoms with Gasteiger partial charge >= 0.3 is 5.97 Å². The molecule has 2 aromatic rings. The lowest BCUT2D eigenvalue weighted by Gasteiger charge is -2.06. The molecule has 2 rings (SSSR count). The quantitative estimate of drug-likeness (QED) is 0.481. The van der Waals surface area contributed by atoms with Crippen LogP contribution in [0.3, 0.4) is 0 Å². The Labute approximate surface area is 119 Å². The molecule has 0 aromatic heterocycles. The Hall–Kier alpha value is -1.56. The largest absolute Gasteiger partial charge is 0.497 e. The topological polar surface area (TPSA) is 35.5 Å². The fraction of sp³-hybridized carbons (Fsp3) is 0.0714. The lowest BCUT2D eigenvalue weighted by Crippen LogP contribution is -2.09. The molecule has 0 amide bonds. The molecule has 3 nitrogen and oxygen atoms in total. The first-order valence-electron chi connectivity index (χ1n) is 5.31. The number of hydrogen-bond donors (Lipinski definition) is 0. The van der Waals surface area contributed by atoms with E-state index in [-0.39, 0.29) is 5.97 Å². The minimum atomic E-state index is -0.373. The molecule has 2 aromatic carbocycles. The van der Waals surface area contributed by atoms with Gasteiger partial charge in [0, 0.05) is 0 Å². The number of esters is 1. The third-order valence-electron chi connectivity index (χ3n) is 2.37. The van der Waals surface area contributed by atoms with E-state index < -0.39 is 0 Å². The second-order valence-electron chi connectivity index (χ2n) is 3.55. The molecule has 0 radical (unpaired) electrons. The van der Waals surface area contributed by atoms with Crippen LogP contribution in [0, 0.1) is 3.57 Å². The van der Waals surface area contributed by atoms with Gasteiger partial charge < -0.3 is 9.47 Å². The summed E-state index contributed by atoms with van der Waals surface area (Å²) in [6.07, 6.45) is 0. The number of ether oxygens (including phenoxy) is 2. The van der Waals surface area contributed by atoms with E-state index in [4.69, 9.17) is 9.47 Å². The highest BCUT2D eigenvalue weighted by Gasteiger charge is 2.10. The standard InChI is InChI=1S/C14H11IO3/c1-17-11-8-6-10(7-9-11)14(16)18-13-5-3-2-4-12(13)15/h2-9H,1H3. The van der Waals surface area contributed by atoms with Gasteiger partial charge in [-0.3, -0.25) is 0 Å². The zero-order chi connectivity index (χ0) is 13.0. The highest BCUT2D eigenvalue weighted by Crippen LogP contribution is 2.21. The highest BCUT2D eigenvalue weighted by molar-refractivity contribution is 14.1. The fourth-order valence-electron chi connectivity index (χ4n) is 1.41. The van der Waals surface area contributed by atoms with Gasteiger partial charge in [0.2, 0.25) is 0 Å². The Morgan fingerprint density at radius 3 is 2.33 bits per heavy atom. The third kappa shape index (κ3) is 3.01. The molecule has 0 heterocycles. The van der Waals surface area contributed by atoms with Crippen molar-refractivity contribution in [2.24, 2.45) is 0 Å². The zero-order valence-corrected chi connectivity index (χ0v) is 11.9. The summed E-state index contributed by atoms with van der Waals surface area (Å²) in [5, 5.41) is 0. The summed E-state index contributed by atoms with van der Waals surface area (Å²) in [5.41, 5.74) is 0.496. The van der Waals surface area contributed by atoms with E-state index in [1.807, 2.05) is 18.2 Å². The maximum Gasteiger partial charge on any atom is 0.343 e. The van der Waals surface area contributed by atoms with Crippen molar-refractivity contribution in [1.82, 2.24) is 0 Å². The molecule has 0 saturated carbocycles. The van der Waals surface area contributed by atoms with Crippen LogP contribution in [0.1, 0.15) is 10.4 Å². The Bertz CT molecular complexity index is 549. The Kier molecular flexibility index (Phi) is 4.19. The molecule has 0 unspecified atom stereocenters. The first kappa shape index (κ1) is 12.9. The van der Waals surface area contributed by atoms with Crippen molar-refractivity contribution in [3.63, 3.8) is 0 Å². The van der Waals surface area contributed by atoms with Crippen molar-refractivity contribution >= 4 is 28.6 Å². The molecular weight excluding hydrogens is 343 g/mol. The van der Waals surface area contributed by atoms with Crippen molar-refractivity contribution in [1.29, 1.82) is 0 Å². The van der Waals surface area contributed by atoms with E-state index in [0.717, 1.165) is 3.57 Å². The van der Waals surface area contributed by atoms with Crippen molar-refractivity contribution < 1.29 is 14.3 Å². The summed E-state index contributed by atoms with van der Waals surface area (Å²) >= 11 is 2.13. The van der Waals surface area contributed by atoms with Gasteiger partial charge in [-0.05, 0) is 59.0 Å². The number of carbonyl (C=O) groups excluding carboxylic acids is 1. The lowest BCUT2D eigenvalue weighted by atomic mass is 10.2. The second-order valence-corrected chi connectivity index (χ2v) is 4.71. The summed E-state index contributed by atoms with van der Waals surface area (Å²) in [6, 6.07) is 14.2. The van der Waals surface area contributed by atoms with Gasteiger partial charge in [-0.1, -0.05) is 12.1 Å². The Morgan fingerprint density at radius 1 is 1.06 bits per heavy atom. The molecular formula is C14H11IO3. The van der Waals surface area contributed by atoms with Crippen LogP contribution in [0.25, 0.3) is 0 Å². The first-order chi connectivity index (χ1) is 8.70. The SMILES string of the molecule is COc1ccc(C(=O)Oc2ccccc2I)cc1. The van der Waals surface area contributed by atoms with Crippen LogP contribution < -0.4 is 9.47 Å². The van der Waals surface area contributed by atoms with Crippen molar-refractivity contribution in [3.05, 3.63) is 57.7 Å². The van der Waals surface area contributed by atoms with Crippen LogP contribution in [0.2, 0.25) is 0 Å². The summed E-state index contributed by atoms with van der Waals surface area (Å²) < 4.78 is 11.3. The number of methoxy groups -OCH3 is 1. The molecule has 0 aliphatic carbocycles. The van der Waals surface area contributed by atoms with E-state index in [0.29, 0.717) is 17.1 Å². The summed E-state index contributed by atoms with van der Waals surface area (Å²) in [5.74, 6) is 0.904. The molecule has 0 N–H and O–H groups in total. The molecule has 18 heavy (non-hydrogen) atoms. The summed E-state index contributed by atoms with van der Waals surface area (Å²) in [6.45, 7) is 0. The first-order valence-corrected chi connectivity index (χ1v) is 6.39. The van der Waals surface area contributed by atoms with Gasteiger partial charge in [-0.15, -0.1) is 0 Å². The van der Waals surface area contributed by atoms with Gasteiger partial charge in [-0.25, -0.2) is 4.79 Å². The van der Waals surface area contributed by atoms with E-state index in [1.165, 1.54) is 0 Å². The predicted octanol–water partition coefficient (Wildman–Crippen LogP) is 3.52. The van der Waals surface area contributed by atoms with Gasteiger partial charge in [-0.2, -0.15) is 0 Å². The number of hydrogen-bond acceptors (Lipinski definition) is 3. The monoisotopic (exact) mass is 354 g/mol. The van der Waals surface area contributed by atoms with E-state index >= 15 is 0 Å². The Morgan fingerprint density at radius 2 is 1.72 bits per heavy atom. The molecule has 0 bridgehead atoms. The normalized spacial score (nSPS) is 9.89. The van der Waals surface area contributed by atoms with Crippen LogP contribution in [0.4, 0.5) is 0 Å². The number of para-hydroxylation sites is 1. The van der Waals surface area contributed by atoms with E-state index in [2.05, 4.69) is 22.6 Å². The molecule has 0 aliphatic heterocycles. The molecule has 4 heteroatoms. The predicted molar refractivity (Wildman–Crippen MR) is 77.1 cm³/mol. The van der Waals surface area contributed by atoms with Crippen molar-refractivity contribution in [2.75, 3.05) is 7.11 Å². The smallest absolute Gasteiger partial charge is 0.343 e. The molecule has 0 atom stereocenters. The summed E-state index contributed by atoms with van der Waals surface area (Å²) in [4.78, 5) is 11.9. The maximum atomic E-state index is 11.9. The minimum absolute atomic E-state index is 0.373. The van der Waals surface area contributed by atoms with Crippen molar-refractivity contribution in [3.8, 4) is 11.5 Å². The average Bonchev–Trinajstić information content (AvgIpc) is 2.41. The van der Waals surface area contributed by atoms with Crippen LogP contribution in [0.5, 0.6) is 11.5 Å². The average molecular weight is 354 g/mol. The molecule has 92 valence electrons. The molecule has 0 aliphatic rings. The van der Waals surface area contributed by atoms with Gasteiger partial charge in [0.25, 0.3) is 0 Å². The second kappa shape index (κ2) is 5.86. The minimum Gasteiger partial charge on any atom is -0.497 e. The fourth-order valence-corrected chi connectivity index (χ4v) is 1.91. The van der Waals surface area contributed by atoms with Gasteiger partial charge in [0.05, 0.1) is 16.2 Å². The zero-order valence-electron chi connectivity index (χ0n) is 9.72. The van der Waals surface area contributed by atoms with Crippen molar-refractivity contribution in [2.45, 2.75) is 0 Å². The molecule has 0 spiro atoms. The third-order valence-corrected chi connectivity index (χ3v) is 3.26. The lowest BCUT2D eigenvalue weighted by molar-refractivity contribution is 0.0733. The number of benzene rings is 2.